The van der Waals surface area contributed by atoms with Gasteiger partial charge in [-0.2, -0.15) is 18.4 Å². The van der Waals surface area contributed by atoms with Gasteiger partial charge in [0.25, 0.3) is 0 Å². The van der Waals surface area contributed by atoms with Gasteiger partial charge in [0.1, 0.15) is 11.6 Å². The van der Waals surface area contributed by atoms with Crippen LogP contribution in [0.2, 0.25) is 0 Å². The average molecular weight is 420 g/mol. The highest BCUT2D eigenvalue weighted by molar-refractivity contribution is 5.81. The van der Waals surface area contributed by atoms with Gasteiger partial charge in [0.15, 0.2) is 5.60 Å². The van der Waals surface area contributed by atoms with E-state index in [0.29, 0.717) is 10.9 Å². The van der Waals surface area contributed by atoms with Crippen LogP contribution in [0.1, 0.15) is 31.4 Å². The molecule has 0 radical (unpaired) electrons. The molecule has 0 fully saturated rings. The number of nitrogens with zero attached hydrogens (tertiary/aromatic N) is 2. The number of aromatic nitrogens is 1. The number of hydrogen-bond acceptors (Lipinski definition) is 3. The lowest BCUT2D eigenvalue weighted by molar-refractivity contribution is -0.271. The van der Waals surface area contributed by atoms with Crippen LogP contribution < -0.4 is 0 Å². The molecule has 0 bridgehead atoms. The zero-order valence-electron chi connectivity index (χ0n) is 16.3. The van der Waals surface area contributed by atoms with Gasteiger partial charge in [0.2, 0.25) is 0 Å². The molecule has 4 nitrogen and oxygen atoms in total. The number of benzene rings is 2. The number of phenolic OH excluding ortho intramolecular Hbond substituents is 1. The van der Waals surface area contributed by atoms with Gasteiger partial charge >= 0.3 is 6.18 Å². The van der Waals surface area contributed by atoms with Crippen molar-refractivity contribution in [3.63, 3.8) is 0 Å². The van der Waals surface area contributed by atoms with Crippen LogP contribution in [0.25, 0.3) is 10.9 Å². The molecule has 2 aromatic carbocycles. The second-order valence-electron chi connectivity index (χ2n) is 8.08. The second-order valence-corrected chi connectivity index (χ2v) is 8.08. The Hall–Kier alpha value is -3.05. The van der Waals surface area contributed by atoms with E-state index in [1.807, 2.05) is 6.07 Å². The molecule has 1 unspecified atom stereocenters. The molecule has 0 saturated heterocycles. The Morgan fingerprint density at radius 3 is 2.40 bits per heavy atom. The molecule has 0 aliphatic heterocycles. The number of nitriles is 1. The summed E-state index contributed by atoms with van der Waals surface area (Å²) in [6.45, 7) is 1.98. The third kappa shape index (κ3) is 3.98. The van der Waals surface area contributed by atoms with Gasteiger partial charge in [-0.25, -0.2) is 4.39 Å². The van der Waals surface area contributed by atoms with Crippen LogP contribution in [0.4, 0.5) is 17.6 Å². The van der Waals surface area contributed by atoms with Crippen molar-refractivity contribution in [2.75, 3.05) is 0 Å². The van der Waals surface area contributed by atoms with E-state index in [-0.39, 0.29) is 16.9 Å². The van der Waals surface area contributed by atoms with Crippen LogP contribution in [-0.2, 0) is 12.0 Å². The fraction of sp³-hybridized carbons (Fsp3) is 0.318. The number of fused-ring (bicyclic) bond motifs is 1. The number of alkyl halides is 3. The van der Waals surface area contributed by atoms with E-state index >= 15 is 0 Å². The molecule has 1 heterocycles. The minimum absolute atomic E-state index is 0.0331. The normalized spacial score (nSPS) is 14.5. The molecular formula is C22H20F4N2O2. The van der Waals surface area contributed by atoms with Gasteiger partial charge in [-0.1, -0.05) is 19.9 Å². The van der Waals surface area contributed by atoms with Gasteiger partial charge in [0.05, 0.1) is 18.2 Å². The molecule has 8 heteroatoms. The quantitative estimate of drug-likeness (QED) is 0.570. The first-order chi connectivity index (χ1) is 13.9. The minimum atomic E-state index is -5.00. The lowest BCUT2D eigenvalue weighted by Gasteiger charge is -2.38. The fourth-order valence-electron chi connectivity index (χ4n) is 3.80. The van der Waals surface area contributed by atoms with Crippen molar-refractivity contribution in [1.82, 2.24) is 4.57 Å². The average Bonchev–Trinajstić information content (AvgIpc) is 3.04. The summed E-state index contributed by atoms with van der Waals surface area (Å²) in [6.07, 6.45) is -4.41. The molecule has 158 valence electrons. The summed E-state index contributed by atoms with van der Waals surface area (Å²) in [5, 5.41) is 30.5. The Kier molecular flexibility index (Phi) is 5.29. The summed E-state index contributed by atoms with van der Waals surface area (Å²) >= 11 is 0. The molecule has 0 saturated carbocycles. The summed E-state index contributed by atoms with van der Waals surface area (Å²) in [5.41, 5.74) is -3.96. The maximum absolute atomic E-state index is 14.0. The molecule has 1 atom stereocenters. The molecule has 0 aliphatic carbocycles. The first-order valence-corrected chi connectivity index (χ1v) is 9.13. The van der Waals surface area contributed by atoms with Crippen molar-refractivity contribution in [2.24, 2.45) is 0 Å². The van der Waals surface area contributed by atoms with Crippen LogP contribution in [0.5, 0.6) is 5.75 Å². The predicted molar refractivity (Wildman–Crippen MR) is 103 cm³/mol. The van der Waals surface area contributed by atoms with E-state index in [2.05, 4.69) is 0 Å². The van der Waals surface area contributed by atoms with E-state index in [4.69, 9.17) is 5.26 Å². The maximum Gasteiger partial charge on any atom is 0.418 e. The van der Waals surface area contributed by atoms with Crippen LogP contribution in [-0.4, -0.2) is 26.6 Å². The summed E-state index contributed by atoms with van der Waals surface area (Å²) in [5.74, 6) is -1.05. The molecule has 30 heavy (non-hydrogen) atoms. The molecule has 0 spiro atoms. The van der Waals surface area contributed by atoms with Crippen LogP contribution in [0.15, 0.2) is 48.7 Å². The summed E-state index contributed by atoms with van der Waals surface area (Å²) < 4.78 is 57.0. The monoisotopic (exact) mass is 420 g/mol. The molecule has 0 amide bonds. The molecular weight excluding hydrogens is 400 g/mol. The minimum Gasteiger partial charge on any atom is -0.508 e. The van der Waals surface area contributed by atoms with E-state index in [9.17, 15) is 27.8 Å². The highest BCUT2D eigenvalue weighted by Crippen LogP contribution is 2.44. The van der Waals surface area contributed by atoms with Gasteiger partial charge < -0.3 is 14.8 Å². The maximum atomic E-state index is 14.0. The standard InChI is InChI=1S/C22H20F4N2O2/c1-20(2,17-10-16(23)5-6-19(17)29)12-21(30,22(24,25)26)13-28-8-7-15-4-3-14(11-27)9-18(15)28/h3-10,29-30H,12-13H2,1-2H3. The zero-order valence-corrected chi connectivity index (χ0v) is 16.3. The lowest BCUT2D eigenvalue weighted by Crippen LogP contribution is -2.52. The second kappa shape index (κ2) is 7.33. The Bertz CT molecular complexity index is 1130. The van der Waals surface area contributed by atoms with Gasteiger partial charge in [0, 0.05) is 17.3 Å². The van der Waals surface area contributed by atoms with Crippen LogP contribution >= 0.6 is 0 Å². The summed E-state index contributed by atoms with van der Waals surface area (Å²) in [6, 6.07) is 11.2. The topological polar surface area (TPSA) is 69.2 Å². The first-order valence-electron chi connectivity index (χ1n) is 9.13. The largest absolute Gasteiger partial charge is 0.508 e. The van der Waals surface area contributed by atoms with E-state index in [1.54, 1.807) is 18.2 Å². The van der Waals surface area contributed by atoms with Gasteiger partial charge in [-0.3, -0.25) is 0 Å². The van der Waals surface area contributed by atoms with Crippen molar-refractivity contribution in [1.29, 1.82) is 5.26 Å². The van der Waals surface area contributed by atoms with Crippen LogP contribution in [0.3, 0.4) is 0 Å². The summed E-state index contributed by atoms with van der Waals surface area (Å²) in [7, 11) is 0. The Morgan fingerprint density at radius 2 is 1.77 bits per heavy atom. The highest BCUT2D eigenvalue weighted by atomic mass is 19.4. The number of rotatable bonds is 5. The number of aliphatic hydroxyl groups is 1. The SMILES string of the molecule is CC(C)(CC(O)(Cn1ccc2ccc(C#N)cc21)C(F)(F)F)c1cc(F)ccc1O. The van der Waals surface area contributed by atoms with Gasteiger partial charge in [-0.15, -0.1) is 0 Å². The molecule has 3 rings (SSSR count). The Balaban J connectivity index is 2.04. The van der Waals surface area contributed by atoms with E-state index in [0.717, 1.165) is 18.2 Å². The fourth-order valence-corrected chi connectivity index (χ4v) is 3.80. The van der Waals surface area contributed by atoms with Crippen molar-refractivity contribution >= 4 is 10.9 Å². The van der Waals surface area contributed by atoms with Crippen molar-refractivity contribution < 1.29 is 27.8 Å². The first kappa shape index (κ1) is 21.7. The lowest BCUT2D eigenvalue weighted by atomic mass is 9.74. The predicted octanol–water partition coefficient (Wildman–Crippen LogP) is 5.02. The molecule has 1 aromatic heterocycles. The smallest absolute Gasteiger partial charge is 0.418 e. The number of phenols is 1. The highest BCUT2D eigenvalue weighted by Gasteiger charge is 2.56. The molecule has 2 N–H and O–H groups in total. The third-order valence-electron chi connectivity index (χ3n) is 5.28. The van der Waals surface area contributed by atoms with Crippen LogP contribution in [0, 0.1) is 17.1 Å². The number of aromatic hydroxyl groups is 1. The van der Waals surface area contributed by atoms with Crippen molar-refractivity contribution in [3.8, 4) is 11.8 Å². The molecule has 3 aromatic rings. The number of hydrogen-bond donors (Lipinski definition) is 2. The summed E-state index contributed by atoms with van der Waals surface area (Å²) in [4.78, 5) is 0. The van der Waals surface area contributed by atoms with E-state index < -0.39 is 36.0 Å². The van der Waals surface area contributed by atoms with Gasteiger partial charge in [-0.05, 0) is 53.6 Å². The molecule has 0 aliphatic rings. The van der Waals surface area contributed by atoms with Crippen molar-refractivity contribution in [2.45, 2.75) is 44.0 Å². The Morgan fingerprint density at radius 1 is 1.07 bits per heavy atom. The Labute approximate surface area is 170 Å². The third-order valence-corrected chi connectivity index (χ3v) is 5.28. The zero-order chi connectivity index (χ0) is 22.3. The number of halogens is 4. The van der Waals surface area contributed by atoms with E-state index in [1.165, 1.54) is 30.7 Å². The van der Waals surface area contributed by atoms with Crippen molar-refractivity contribution in [3.05, 3.63) is 65.6 Å².